The first-order chi connectivity index (χ1) is 6.81. The zero-order valence-corrected chi connectivity index (χ0v) is 8.09. The second-order valence-corrected chi connectivity index (χ2v) is 3.56. The quantitative estimate of drug-likeness (QED) is 0.820. The van der Waals surface area contributed by atoms with Gasteiger partial charge in [0.1, 0.15) is 5.01 Å². The number of hydrogen-bond acceptors (Lipinski definition) is 4. The van der Waals surface area contributed by atoms with E-state index in [0.29, 0.717) is 17.1 Å². The minimum Gasteiger partial charge on any atom is -0.325 e. The Hall–Kier alpha value is -1.33. The second-order valence-electron chi connectivity index (χ2n) is 2.70. The van der Waals surface area contributed by atoms with Crippen LogP contribution in [0.4, 0.5) is 4.39 Å². The van der Waals surface area contributed by atoms with Crippen LogP contribution in [0.15, 0.2) is 23.8 Å². The largest absolute Gasteiger partial charge is 0.325 e. The number of nitrogens with zero attached hydrogens (tertiary/aromatic N) is 2. The van der Waals surface area contributed by atoms with Gasteiger partial charge in [-0.1, -0.05) is 0 Å². The van der Waals surface area contributed by atoms with Crippen molar-refractivity contribution in [3.8, 4) is 10.6 Å². The molecule has 0 atom stereocenters. The summed E-state index contributed by atoms with van der Waals surface area (Å²) in [6, 6.07) is 1.61. The van der Waals surface area contributed by atoms with E-state index >= 15 is 0 Å². The summed E-state index contributed by atoms with van der Waals surface area (Å²) in [7, 11) is 0. The van der Waals surface area contributed by atoms with E-state index < -0.39 is 0 Å². The van der Waals surface area contributed by atoms with E-state index in [9.17, 15) is 4.39 Å². The molecule has 0 saturated carbocycles. The smallest absolute Gasteiger partial charge is 0.151 e. The Balaban J connectivity index is 2.44. The highest BCUT2D eigenvalue weighted by Crippen LogP contribution is 2.25. The van der Waals surface area contributed by atoms with Gasteiger partial charge in [0.2, 0.25) is 0 Å². The zero-order valence-electron chi connectivity index (χ0n) is 7.27. The van der Waals surface area contributed by atoms with E-state index in [4.69, 9.17) is 5.73 Å². The molecule has 2 aromatic heterocycles. The molecule has 2 aromatic rings. The maximum Gasteiger partial charge on any atom is 0.151 e. The van der Waals surface area contributed by atoms with Gasteiger partial charge in [-0.25, -0.2) is 9.37 Å². The predicted molar refractivity (Wildman–Crippen MR) is 53.2 cm³/mol. The number of nitrogens with two attached hydrogens (primary N) is 1. The fourth-order valence-electron chi connectivity index (χ4n) is 1.07. The number of aromatic nitrogens is 2. The highest BCUT2D eigenvalue weighted by molar-refractivity contribution is 7.13. The van der Waals surface area contributed by atoms with E-state index in [1.807, 2.05) is 5.38 Å². The van der Waals surface area contributed by atoms with Crippen LogP contribution in [0.1, 0.15) is 5.69 Å². The number of rotatable bonds is 2. The maximum absolute atomic E-state index is 13.3. The van der Waals surface area contributed by atoms with Crippen LogP contribution in [-0.4, -0.2) is 9.97 Å². The normalized spacial score (nSPS) is 10.4. The zero-order chi connectivity index (χ0) is 9.97. The van der Waals surface area contributed by atoms with Crippen LogP contribution in [0.3, 0.4) is 0 Å². The highest BCUT2D eigenvalue weighted by atomic mass is 32.1. The first-order valence-electron chi connectivity index (χ1n) is 4.05. The fraction of sp³-hybridized carbons (Fsp3) is 0.111. The Kier molecular flexibility index (Phi) is 2.51. The molecule has 0 spiro atoms. The van der Waals surface area contributed by atoms with Crippen molar-refractivity contribution in [3.05, 3.63) is 35.4 Å². The van der Waals surface area contributed by atoms with Gasteiger partial charge in [-0.15, -0.1) is 11.3 Å². The summed E-state index contributed by atoms with van der Waals surface area (Å²) in [5.41, 5.74) is 6.67. The monoisotopic (exact) mass is 209 g/mol. The van der Waals surface area contributed by atoms with Crippen molar-refractivity contribution in [2.45, 2.75) is 6.54 Å². The van der Waals surface area contributed by atoms with E-state index in [0.717, 1.165) is 5.69 Å². The van der Waals surface area contributed by atoms with Gasteiger partial charge in [-0.3, -0.25) is 4.98 Å². The van der Waals surface area contributed by atoms with Crippen molar-refractivity contribution in [2.24, 2.45) is 5.73 Å². The van der Waals surface area contributed by atoms with Gasteiger partial charge in [-0.05, 0) is 6.07 Å². The van der Waals surface area contributed by atoms with Crippen LogP contribution < -0.4 is 5.73 Å². The van der Waals surface area contributed by atoms with Gasteiger partial charge in [0.15, 0.2) is 5.82 Å². The van der Waals surface area contributed by atoms with E-state index in [1.165, 1.54) is 17.5 Å². The van der Waals surface area contributed by atoms with Crippen LogP contribution in [0.5, 0.6) is 0 Å². The first kappa shape index (κ1) is 9.23. The molecule has 0 amide bonds. The molecule has 2 rings (SSSR count). The number of halogens is 1. The van der Waals surface area contributed by atoms with E-state index in [-0.39, 0.29) is 5.82 Å². The van der Waals surface area contributed by atoms with Crippen LogP contribution >= 0.6 is 11.3 Å². The van der Waals surface area contributed by atoms with Crippen LogP contribution in [-0.2, 0) is 6.54 Å². The van der Waals surface area contributed by atoms with Gasteiger partial charge in [0, 0.05) is 23.7 Å². The average Bonchev–Trinajstić information content (AvgIpc) is 2.67. The summed E-state index contributed by atoms with van der Waals surface area (Å²) in [5, 5.41) is 2.47. The molecule has 2 N–H and O–H groups in total. The Bertz CT molecular complexity index is 441. The van der Waals surface area contributed by atoms with Crippen LogP contribution in [0, 0.1) is 5.82 Å². The van der Waals surface area contributed by atoms with Crippen molar-refractivity contribution >= 4 is 11.3 Å². The topological polar surface area (TPSA) is 51.8 Å². The van der Waals surface area contributed by atoms with Gasteiger partial charge < -0.3 is 5.73 Å². The molecule has 0 unspecified atom stereocenters. The van der Waals surface area contributed by atoms with Gasteiger partial charge in [0.25, 0.3) is 0 Å². The molecule has 0 saturated heterocycles. The Morgan fingerprint density at radius 2 is 2.36 bits per heavy atom. The summed E-state index contributed by atoms with van der Waals surface area (Å²) >= 11 is 1.38. The van der Waals surface area contributed by atoms with Crippen LogP contribution in [0.25, 0.3) is 10.6 Å². The molecule has 2 heterocycles. The lowest BCUT2D eigenvalue weighted by Crippen LogP contribution is -1.96. The van der Waals surface area contributed by atoms with Crippen LogP contribution in [0.2, 0.25) is 0 Å². The lowest BCUT2D eigenvalue weighted by molar-refractivity contribution is 0.625. The third-order valence-corrected chi connectivity index (χ3v) is 2.69. The van der Waals surface area contributed by atoms with E-state index in [1.54, 1.807) is 12.3 Å². The number of pyridine rings is 1. The molecule has 3 nitrogen and oxygen atoms in total. The second kappa shape index (κ2) is 3.81. The lowest BCUT2D eigenvalue weighted by atomic mass is 10.3. The third kappa shape index (κ3) is 1.64. The van der Waals surface area contributed by atoms with Crippen molar-refractivity contribution in [1.82, 2.24) is 9.97 Å². The number of thiazole rings is 1. The summed E-state index contributed by atoms with van der Waals surface area (Å²) in [5.74, 6) is -0.356. The predicted octanol–water partition coefficient (Wildman–Crippen LogP) is 1.80. The Morgan fingerprint density at radius 1 is 1.50 bits per heavy atom. The molecule has 14 heavy (non-hydrogen) atoms. The van der Waals surface area contributed by atoms with Crippen molar-refractivity contribution in [2.75, 3.05) is 0 Å². The van der Waals surface area contributed by atoms with Crippen molar-refractivity contribution < 1.29 is 4.39 Å². The molecule has 5 heteroatoms. The van der Waals surface area contributed by atoms with Crippen molar-refractivity contribution in [3.63, 3.8) is 0 Å². The summed E-state index contributed by atoms with van der Waals surface area (Å²) in [6.07, 6.45) is 2.72. The molecule has 0 bridgehead atoms. The molecule has 0 aliphatic carbocycles. The molecule has 0 aliphatic heterocycles. The van der Waals surface area contributed by atoms with Gasteiger partial charge >= 0.3 is 0 Å². The van der Waals surface area contributed by atoms with Crippen molar-refractivity contribution in [1.29, 1.82) is 0 Å². The molecular weight excluding hydrogens is 201 g/mol. The highest BCUT2D eigenvalue weighted by Gasteiger charge is 2.08. The molecular formula is C9H8FN3S. The SMILES string of the molecule is NCc1csc(-c2ccncc2F)n1. The summed E-state index contributed by atoms with van der Waals surface area (Å²) < 4.78 is 13.3. The van der Waals surface area contributed by atoms with Gasteiger partial charge in [0.05, 0.1) is 11.9 Å². The molecule has 0 aliphatic rings. The standard InChI is InChI=1S/C9H8FN3S/c10-8-4-12-2-1-7(8)9-13-6(3-11)5-14-9/h1-2,4-5H,3,11H2. The molecule has 0 aromatic carbocycles. The molecule has 0 radical (unpaired) electrons. The minimum absolute atomic E-state index is 0.356. The average molecular weight is 209 g/mol. The van der Waals surface area contributed by atoms with E-state index in [2.05, 4.69) is 9.97 Å². The first-order valence-corrected chi connectivity index (χ1v) is 4.93. The Morgan fingerprint density at radius 3 is 3.00 bits per heavy atom. The third-order valence-electron chi connectivity index (χ3n) is 1.76. The number of hydrogen-bond donors (Lipinski definition) is 1. The minimum atomic E-state index is -0.356. The molecule has 72 valence electrons. The molecule has 0 fully saturated rings. The Labute approximate surface area is 84.4 Å². The van der Waals surface area contributed by atoms with Gasteiger partial charge in [-0.2, -0.15) is 0 Å². The lowest BCUT2D eigenvalue weighted by Gasteiger charge is -1.96. The summed E-state index contributed by atoms with van der Waals surface area (Å²) in [4.78, 5) is 7.86. The summed E-state index contributed by atoms with van der Waals surface area (Å²) in [6.45, 7) is 0.378. The fourth-order valence-corrected chi connectivity index (χ4v) is 1.93. The maximum atomic E-state index is 13.3.